The molecule has 2 aromatic carbocycles. The topological polar surface area (TPSA) is 12.0 Å². The summed E-state index contributed by atoms with van der Waals surface area (Å²) in [7, 11) is 0. The molecule has 1 N–H and O–H groups in total. The highest BCUT2D eigenvalue weighted by molar-refractivity contribution is 6.30. The number of benzene rings is 2. The molecule has 0 heterocycles. The van der Waals surface area contributed by atoms with Crippen LogP contribution in [0, 0.1) is 12.7 Å². The second-order valence-corrected chi connectivity index (χ2v) is 4.69. The molecule has 2 rings (SSSR count). The van der Waals surface area contributed by atoms with Crippen molar-refractivity contribution in [1.82, 2.24) is 5.32 Å². The number of aryl methyl sites for hydroxylation is 1. The van der Waals surface area contributed by atoms with Crippen LogP contribution >= 0.6 is 11.6 Å². The van der Waals surface area contributed by atoms with Crippen LogP contribution in [0.4, 0.5) is 4.39 Å². The summed E-state index contributed by atoms with van der Waals surface area (Å²) >= 11 is 5.73. The van der Waals surface area contributed by atoms with Gasteiger partial charge in [-0.2, -0.15) is 0 Å². The van der Waals surface area contributed by atoms with E-state index in [-0.39, 0.29) is 10.8 Å². The minimum absolute atomic E-state index is 0.171. The Morgan fingerprint density at radius 2 is 1.89 bits per heavy atom. The minimum Gasteiger partial charge on any atom is -0.309 e. The molecule has 0 atom stereocenters. The zero-order chi connectivity index (χ0) is 13.0. The lowest BCUT2D eigenvalue weighted by molar-refractivity contribution is 0.625. The molecule has 0 saturated carbocycles. The minimum atomic E-state index is -0.376. The molecule has 0 aromatic heterocycles. The first-order valence-corrected chi connectivity index (χ1v) is 6.24. The lowest BCUT2D eigenvalue weighted by Crippen LogP contribution is -2.13. The van der Waals surface area contributed by atoms with Gasteiger partial charge in [-0.1, -0.05) is 41.9 Å². The Labute approximate surface area is 112 Å². The second kappa shape index (κ2) is 5.98. The van der Waals surface area contributed by atoms with Crippen molar-refractivity contribution >= 4 is 11.6 Å². The monoisotopic (exact) mass is 263 g/mol. The standard InChI is InChI=1S/C15H15ClFN/c1-11-4-2-3-5-13(11)10-18-9-12-6-7-15(17)14(16)8-12/h2-8,18H,9-10H2,1H3. The average molecular weight is 264 g/mol. The largest absolute Gasteiger partial charge is 0.309 e. The fourth-order valence-electron chi connectivity index (χ4n) is 1.80. The summed E-state index contributed by atoms with van der Waals surface area (Å²) in [5, 5.41) is 3.50. The Kier molecular flexibility index (Phi) is 4.34. The van der Waals surface area contributed by atoms with Crippen molar-refractivity contribution in [3.05, 3.63) is 70.0 Å². The molecular weight excluding hydrogens is 249 g/mol. The van der Waals surface area contributed by atoms with Gasteiger partial charge in [0.05, 0.1) is 5.02 Å². The summed E-state index contributed by atoms with van der Waals surface area (Å²) in [6, 6.07) is 13.0. The molecule has 0 amide bonds. The van der Waals surface area contributed by atoms with E-state index >= 15 is 0 Å². The highest BCUT2D eigenvalue weighted by Gasteiger charge is 2.01. The van der Waals surface area contributed by atoms with Gasteiger partial charge in [0, 0.05) is 13.1 Å². The van der Waals surface area contributed by atoms with Crippen LogP contribution in [0.1, 0.15) is 16.7 Å². The van der Waals surface area contributed by atoms with Crippen molar-refractivity contribution in [2.45, 2.75) is 20.0 Å². The molecule has 0 aliphatic rings. The molecule has 94 valence electrons. The Balaban J connectivity index is 1.92. The normalized spacial score (nSPS) is 10.6. The second-order valence-electron chi connectivity index (χ2n) is 4.28. The van der Waals surface area contributed by atoms with Gasteiger partial charge in [-0.25, -0.2) is 4.39 Å². The summed E-state index contributed by atoms with van der Waals surface area (Å²) in [4.78, 5) is 0. The average Bonchev–Trinajstić information content (AvgIpc) is 2.36. The number of halogens is 2. The zero-order valence-corrected chi connectivity index (χ0v) is 11.0. The van der Waals surface area contributed by atoms with Crippen LogP contribution < -0.4 is 5.32 Å². The Bertz CT molecular complexity index is 540. The van der Waals surface area contributed by atoms with Crippen LogP contribution in [-0.2, 0) is 13.1 Å². The molecule has 0 saturated heterocycles. The summed E-state index contributed by atoms with van der Waals surface area (Å²) < 4.78 is 13.0. The third-order valence-corrected chi connectivity index (χ3v) is 3.18. The number of hydrogen-bond acceptors (Lipinski definition) is 1. The Morgan fingerprint density at radius 3 is 2.61 bits per heavy atom. The third-order valence-electron chi connectivity index (χ3n) is 2.89. The van der Waals surface area contributed by atoms with Crippen LogP contribution in [0.3, 0.4) is 0 Å². The highest BCUT2D eigenvalue weighted by atomic mass is 35.5. The Hall–Kier alpha value is -1.38. The zero-order valence-electron chi connectivity index (χ0n) is 10.2. The lowest BCUT2D eigenvalue weighted by Gasteiger charge is -2.08. The first kappa shape index (κ1) is 13.1. The van der Waals surface area contributed by atoms with E-state index in [1.54, 1.807) is 12.1 Å². The summed E-state index contributed by atoms with van der Waals surface area (Å²) in [6.07, 6.45) is 0. The van der Waals surface area contributed by atoms with Gasteiger partial charge in [-0.05, 0) is 35.7 Å². The van der Waals surface area contributed by atoms with Crippen molar-refractivity contribution < 1.29 is 4.39 Å². The quantitative estimate of drug-likeness (QED) is 0.877. The smallest absolute Gasteiger partial charge is 0.141 e. The predicted molar refractivity (Wildman–Crippen MR) is 73.1 cm³/mol. The van der Waals surface area contributed by atoms with Crippen molar-refractivity contribution in [2.24, 2.45) is 0 Å². The molecule has 0 fully saturated rings. The van der Waals surface area contributed by atoms with E-state index < -0.39 is 0 Å². The van der Waals surface area contributed by atoms with E-state index in [4.69, 9.17) is 11.6 Å². The van der Waals surface area contributed by atoms with Crippen LogP contribution in [0.15, 0.2) is 42.5 Å². The molecular formula is C15H15ClFN. The van der Waals surface area contributed by atoms with Crippen LogP contribution in [0.5, 0.6) is 0 Å². The maximum absolute atomic E-state index is 13.0. The number of nitrogens with one attached hydrogen (secondary N) is 1. The molecule has 0 radical (unpaired) electrons. The fourth-order valence-corrected chi connectivity index (χ4v) is 2.00. The van der Waals surface area contributed by atoms with Crippen molar-refractivity contribution in [2.75, 3.05) is 0 Å². The maximum Gasteiger partial charge on any atom is 0.141 e. The summed E-state index contributed by atoms with van der Waals surface area (Å²) in [5.41, 5.74) is 3.52. The first-order chi connectivity index (χ1) is 8.66. The molecule has 0 unspecified atom stereocenters. The molecule has 0 aliphatic carbocycles. The van der Waals surface area contributed by atoms with Crippen LogP contribution in [0.2, 0.25) is 5.02 Å². The van der Waals surface area contributed by atoms with E-state index in [0.29, 0.717) is 6.54 Å². The van der Waals surface area contributed by atoms with Gasteiger partial charge in [-0.15, -0.1) is 0 Å². The Morgan fingerprint density at radius 1 is 1.11 bits per heavy atom. The van der Waals surface area contributed by atoms with Gasteiger partial charge in [0.2, 0.25) is 0 Å². The van der Waals surface area contributed by atoms with Gasteiger partial charge >= 0.3 is 0 Å². The van der Waals surface area contributed by atoms with Crippen molar-refractivity contribution in [1.29, 1.82) is 0 Å². The van der Waals surface area contributed by atoms with E-state index in [9.17, 15) is 4.39 Å². The molecule has 18 heavy (non-hydrogen) atoms. The van der Waals surface area contributed by atoms with Gasteiger partial charge in [0.15, 0.2) is 0 Å². The maximum atomic E-state index is 13.0. The highest BCUT2D eigenvalue weighted by Crippen LogP contribution is 2.16. The third kappa shape index (κ3) is 3.31. The predicted octanol–water partition coefficient (Wildman–Crippen LogP) is 4.08. The van der Waals surface area contributed by atoms with Gasteiger partial charge in [-0.3, -0.25) is 0 Å². The number of rotatable bonds is 4. The van der Waals surface area contributed by atoms with E-state index in [0.717, 1.165) is 12.1 Å². The molecule has 0 spiro atoms. The molecule has 3 heteroatoms. The first-order valence-electron chi connectivity index (χ1n) is 5.86. The molecule has 0 bridgehead atoms. The fraction of sp³-hybridized carbons (Fsp3) is 0.200. The molecule has 2 aromatic rings. The number of hydrogen-bond donors (Lipinski definition) is 1. The van der Waals surface area contributed by atoms with Crippen molar-refractivity contribution in [3.8, 4) is 0 Å². The van der Waals surface area contributed by atoms with E-state index in [2.05, 4.69) is 24.4 Å². The van der Waals surface area contributed by atoms with Gasteiger partial charge < -0.3 is 5.32 Å². The van der Waals surface area contributed by atoms with Crippen LogP contribution in [0.25, 0.3) is 0 Å². The SMILES string of the molecule is Cc1ccccc1CNCc1ccc(F)c(Cl)c1. The van der Waals surface area contributed by atoms with E-state index in [1.807, 2.05) is 12.1 Å². The lowest BCUT2D eigenvalue weighted by atomic mass is 10.1. The molecule has 1 nitrogen and oxygen atoms in total. The van der Waals surface area contributed by atoms with Crippen LogP contribution in [-0.4, -0.2) is 0 Å². The van der Waals surface area contributed by atoms with Crippen molar-refractivity contribution in [3.63, 3.8) is 0 Å². The molecule has 0 aliphatic heterocycles. The van der Waals surface area contributed by atoms with Gasteiger partial charge in [0.25, 0.3) is 0 Å². The summed E-state index contributed by atoms with van der Waals surface area (Å²) in [5.74, 6) is -0.376. The van der Waals surface area contributed by atoms with E-state index in [1.165, 1.54) is 17.2 Å². The summed E-state index contributed by atoms with van der Waals surface area (Å²) in [6.45, 7) is 3.56. The van der Waals surface area contributed by atoms with Gasteiger partial charge in [0.1, 0.15) is 5.82 Å².